The summed E-state index contributed by atoms with van der Waals surface area (Å²) in [4.78, 5) is 4.18. The minimum atomic E-state index is -1.00. The fraction of sp³-hybridized carbons (Fsp3) is 0.316. The third kappa shape index (κ3) is 3.95. The first-order chi connectivity index (χ1) is 12.1. The summed E-state index contributed by atoms with van der Waals surface area (Å²) in [5.74, 6) is -1.38. The summed E-state index contributed by atoms with van der Waals surface area (Å²) in [7, 11) is 0. The molecule has 130 valence electrons. The van der Waals surface area contributed by atoms with Crippen LogP contribution in [0.4, 0.5) is 14.5 Å². The van der Waals surface area contributed by atoms with Crippen LogP contribution >= 0.6 is 0 Å². The van der Waals surface area contributed by atoms with E-state index in [1.54, 1.807) is 6.07 Å². The van der Waals surface area contributed by atoms with Crippen molar-refractivity contribution in [2.24, 2.45) is 0 Å². The van der Waals surface area contributed by atoms with Gasteiger partial charge in [-0.05, 0) is 18.2 Å². The van der Waals surface area contributed by atoms with E-state index in [2.05, 4.69) is 11.0 Å². The van der Waals surface area contributed by atoms with Crippen LogP contribution in [0.15, 0.2) is 42.5 Å². The molecule has 6 heteroatoms. The van der Waals surface area contributed by atoms with Crippen LogP contribution in [0.1, 0.15) is 17.2 Å². The number of nitrogens with zero attached hydrogens (tertiary/aromatic N) is 3. The number of β-amino-alcohol motifs (C(OH)–C–C–N with tert-alkyl or cyclic N) is 1. The molecule has 4 nitrogen and oxygen atoms in total. The van der Waals surface area contributed by atoms with Crippen molar-refractivity contribution >= 4 is 5.69 Å². The van der Waals surface area contributed by atoms with Crippen LogP contribution in [0.5, 0.6) is 0 Å². The smallest absolute Gasteiger partial charge is 0.131 e. The van der Waals surface area contributed by atoms with Crippen LogP contribution in [-0.2, 0) is 0 Å². The zero-order valence-electron chi connectivity index (χ0n) is 13.7. The number of benzene rings is 2. The van der Waals surface area contributed by atoms with Gasteiger partial charge in [0.15, 0.2) is 0 Å². The number of halogens is 2. The van der Waals surface area contributed by atoms with Gasteiger partial charge < -0.3 is 10.0 Å². The predicted octanol–water partition coefficient (Wildman–Crippen LogP) is 2.69. The van der Waals surface area contributed by atoms with Crippen molar-refractivity contribution in [2.45, 2.75) is 6.10 Å². The van der Waals surface area contributed by atoms with Gasteiger partial charge in [-0.1, -0.05) is 18.2 Å². The third-order valence-corrected chi connectivity index (χ3v) is 4.49. The number of hydrogen-bond donors (Lipinski definition) is 1. The summed E-state index contributed by atoms with van der Waals surface area (Å²) in [6.45, 7) is 3.12. The summed E-state index contributed by atoms with van der Waals surface area (Å²) in [5, 5.41) is 19.5. The van der Waals surface area contributed by atoms with Gasteiger partial charge in [-0.2, -0.15) is 5.26 Å². The first-order valence-corrected chi connectivity index (χ1v) is 8.18. The number of anilines is 1. The zero-order valence-corrected chi connectivity index (χ0v) is 13.7. The summed E-state index contributed by atoms with van der Waals surface area (Å²) in [6.07, 6.45) is -1.00. The van der Waals surface area contributed by atoms with Crippen molar-refractivity contribution < 1.29 is 13.9 Å². The highest BCUT2D eigenvalue weighted by Gasteiger charge is 2.22. The number of nitriles is 1. The molecule has 0 aliphatic carbocycles. The van der Waals surface area contributed by atoms with Crippen LogP contribution in [0.2, 0.25) is 0 Å². The van der Waals surface area contributed by atoms with Gasteiger partial charge >= 0.3 is 0 Å². The van der Waals surface area contributed by atoms with Gasteiger partial charge in [0.05, 0.1) is 17.4 Å². The summed E-state index contributed by atoms with van der Waals surface area (Å²) in [6, 6.07) is 12.9. The van der Waals surface area contributed by atoms with E-state index in [0.717, 1.165) is 30.9 Å². The van der Waals surface area contributed by atoms with E-state index in [0.29, 0.717) is 18.7 Å². The van der Waals surface area contributed by atoms with Gasteiger partial charge in [-0.3, -0.25) is 4.90 Å². The van der Waals surface area contributed by atoms with E-state index in [1.165, 1.54) is 6.07 Å². The Morgan fingerprint density at radius 1 is 1.08 bits per heavy atom. The molecule has 2 aromatic rings. The van der Waals surface area contributed by atoms with Gasteiger partial charge in [-0.15, -0.1) is 0 Å². The number of piperazine rings is 1. The molecule has 1 unspecified atom stereocenters. The van der Waals surface area contributed by atoms with Gasteiger partial charge in [0.2, 0.25) is 0 Å². The van der Waals surface area contributed by atoms with Crippen LogP contribution in [0, 0.1) is 23.0 Å². The average Bonchev–Trinajstić information content (AvgIpc) is 2.62. The molecule has 1 atom stereocenters. The second-order valence-electron chi connectivity index (χ2n) is 6.10. The Balaban J connectivity index is 1.60. The average molecular weight is 343 g/mol. The fourth-order valence-corrected chi connectivity index (χ4v) is 3.13. The van der Waals surface area contributed by atoms with Crippen molar-refractivity contribution in [1.29, 1.82) is 5.26 Å². The first-order valence-electron chi connectivity index (χ1n) is 8.18. The van der Waals surface area contributed by atoms with Crippen molar-refractivity contribution in [1.82, 2.24) is 4.90 Å². The van der Waals surface area contributed by atoms with Crippen LogP contribution in [-0.4, -0.2) is 42.7 Å². The molecule has 1 saturated heterocycles. The van der Waals surface area contributed by atoms with E-state index in [4.69, 9.17) is 0 Å². The maximum atomic E-state index is 13.8. The van der Waals surface area contributed by atoms with Crippen molar-refractivity contribution in [3.63, 3.8) is 0 Å². The van der Waals surface area contributed by atoms with Crippen LogP contribution in [0.25, 0.3) is 0 Å². The lowest BCUT2D eigenvalue weighted by atomic mass is 10.1. The lowest BCUT2D eigenvalue weighted by molar-refractivity contribution is 0.106. The fourth-order valence-electron chi connectivity index (χ4n) is 3.13. The lowest BCUT2D eigenvalue weighted by Gasteiger charge is -2.37. The molecule has 0 bridgehead atoms. The quantitative estimate of drug-likeness (QED) is 0.927. The zero-order chi connectivity index (χ0) is 17.8. The molecule has 25 heavy (non-hydrogen) atoms. The number of aliphatic hydroxyl groups is 1. The summed E-state index contributed by atoms with van der Waals surface area (Å²) in [5.41, 5.74) is 1.66. The molecule has 1 fully saturated rings. The Bertz CT molecular complexity index is 782. The van der Waals surface area contributed by atoms with Crippen LogP contribution in [0.3, 0.4) is 0 Å². The molecular weight excluding hydrogens is 324 g/mol. The monoisotopic (exact) mass is 343 g/mol. The Labute approximate surface area is 145 Å². The third-order valence-electron chi connectivity index (χ3n) is 4.49. The standard InChI is InChI=1S/C19H19F2N3O/c20-15-5-6-16(17(21)11-15)19(25)13-23-7-9-24(10-8-23)18-4-2-1-3-14(18)12-22/h1-6,11,19,25H,7-10,13H2. The highest BCUT2D eigenvalue weighted by molar-refractivity contribution is 5.59. The first kappa shape index (κ1) is 17.3. The predicted molar refractivity (Wildman–Crippen MR) is 91.1 cm³/mol. The maximum absolute atomic E-state index is 13.8. The second-order valence-corrected chi connectivity index (χ2v) is 6.10. The van der Waals surface area contributed by atoms with Crippen molar-refractivity contribution in [2.75, 3.05) is 37.6 Å². The van der Waals surface area contributed by atoms with E-state index in [-0.39, 0.29) is 12.1 Å². The Kier molecular flexibility index (Phi) is 5.27. The molecule has 3 rings (SSSR count). The van der Waals surface area contributed by atoms with Gasteiger partial charge in [0, 0.05) is 44.4 Å². The minimum Gasteiger partial charge on any atom is -0.387 e. The van der Waals surface area contributed by atoms with E-state index < -0.39 is 17.7 Å². The summed E-state index contributed by atoms with van der Waals surface area (Å²) >= 11 is 0. The Hall–Kier alpha value is -2.49. The molecule has 0 aromatic heterocycles. The molecular formula is C19H19F2N3O. The van der Waals surface area contributed by atoms with Gasteiger partial charge in [-0.25, -0.2) is 8.78 Å². The van der Waals surface area contributed by atoms with E-state index in [1.807, 2.05) is 23.1 Å². The Morgan fingerprint density at radius 3 is 2.48 bits per heavy atom. The van der Waals surface area contributed by atoms with Gasteiger partial charge in [0.25, 0.3) is 0 Å². The molecule has 1 heterocycles. The highest BCUT2D eigenvalue weighted by Crippen LogP contribution is 2.23. The number of aliphatic hydroxyl groups excluding tert-OH is 1. The van der Waals surface area contributed by atoms with Gasteiger partial charge in [0.1, 0.15) is 17.7 Å². The highest BCUT2D eigenvalue weighted by atomic mass is 19.1. The molecule has 0 spiro atoms. The molecule has 0 saturated carbocycles. The molecule has 1 aliphatic heterocycles. The molecule has 2 aromatic carbocycles. The topological polar surface area (TPSA) is 50.5 Å². The molecule has 1 N–H and O–H groups in total. The number of para-hydroxylation sites is 1. The molecule has 0 radical (unpaired) electrons. The molecule has 0 amide bonds. The lowest BCUT2D eigenvalue weighted by Crippen LogP contribution is -2.47. The molecule has 1 aliphatic rings. The van der Waals surface area contributed by atoms with E-state index >= 15 is 0 Å². The van der Waals surface area contributed by atoms with Crippen LogP contribution < -0.4 is 4.90 Å². The minimum absolute atomic E-state index is 0.110. The second kappa shape index (κ2) is 7.60. The van der Waals surface area contributed by atoms with Crippen molar-refractivity contribution in [3.8, 4) is 6.07 Å². The largest absolute Gasteiger partial charge is 0.387 e. The maximum Gasteiger partial charge on any atom is 0.131 e. The Morgan fingerprint density at radius 2 is 1.80 bits per heavy atom. The normalized spacial score (nSPS) is 16.5. The van der Waals surface area contributed by atoms with Crippen molar-refractivity contribution in [3.05, 3.63) is 65.2 Å². The number of rotatable bonds is 4. The van der Waals surface area contributed by atoms with E-state index in [9.17, 15) is 19.1 Å². The summed E-state index contributed by atoms with van der Waals surface area (Å²) < 4.78 is 26.7. The SMILES string of the molecule is N#Cc1ccccc1N1CCN(CC(O)c2ccc(F)cc2F)CC1. The number of hydrogen-bond acceptors (Lipinski definition) is 4.